The summed E-state index contributed by atoms with van der Waals surface area (Å²) in [7, 11) is 6.17. The highest BCUT2D eigenvalue weighted by Gasteiger charge is 2.19. The van der Waals surface area contributed by atoms with E-state index >= 15 is 0 Å². The van der Waals surface area contributed by atoms with Crippen molar-refractivity contribution in [3.63, 3.8) is 0 Å². The second-order valence-electron chi connectivity index (χ2n) is 9.85. The first-order valence-corrected chi connectivity index (χ1v) is 13.8. The number of anilines is 2. The Labute approximate surface area is 251 Å². The third-order valence-electron chi connectivity index (χ3n) is 7.52. The standard InChI is InChI=1S/C33H32N6O4/c1-35-33-29(42-4)17-25(18-30(33)43-5)23-8-10-32(37-21-23)39-12-6-11-38(13-14-39)31-9-7-22(20-36-31)24-15-27(40-2)26(19-34)28(16-24)41-3/h7-10,15-18,20-21H,6,11-14H2,2-5H3. The SMILES string of the molecule is [C-]#[N+]c1c(OC)cc(-c2ccc(N3CCCN(c4ccc(-c5cc(OC)c(C#N)c(OC)c5)cn4)CC3)nc2)cc1OC. The van der Waals surface area contributed by atoms with Gasteiger partial charge in [-0.2, -0.15) is 5.26 Å². The molecule has 3 heterocycles. The van der Waals surface area contributed by atoms with E-state index in [0.717, 1.165) is 66.5 Å². The van der Waals surface area contributed by atoms with E-state index in [4.69, 9.17) is 35.5 Å². The predicted molar refractivity (Wildman–Crippen MR) is 166 cm³/mol. The Kier molecular flexibility index (Phi) is 8.78. The lowest BCUT2D eigenvalue weighted by atomic mass is 10.0. The van der Waals surface area contributed by atoms with Gasteiger partial charge in [0.2, 0.25) is 0 Å². The van der Waals surface area contributed by atoms with Gasteiger partial charge in [-0.15, -0.1) is 0 Å². The zero-order valence-corrected chi connectivity index (χ0v) is 24.6. The first-order valence-electron chi connectivity index (χ1n) is 13.8. The third-order valence-corrected chi connectivity index (χ3v) is 7.52. The Balaban J connectivity index is 1.28. The zero-order chi connectivity index (χ0) is 30.3. The van der Waals surface area contributed by atoms with Crippen molar-refractivity contribution in [1.82, 2.24) is 9.97 Å². The summed E-state index contributed by atoms with van der Waals surface area (Å²) in [6, 6.07) is 17.6. The maximum Gasteiger partial charge on any atom is 0.268 e. The van der Waals surface area contributed by atoms with Crippen LogP contribution in [0.1, 0.15) is 12.0 Å². The van der Waals surface area contributed by atoms with Gasteiger partial charge in [-0.1, -0.05) is 0 Å². The Bertz CT molecular complexity index is 1500. The monoisotopic (exact) mass is 576 g/mol. The molecule has 1 fully saturated rings. The van der Waals surface area contributed by atoms with Gasteiger partial charge in [-0.25, -0.2) is 14.8 Å². The molecule has 0 aliphatic carbocycles. The van der Waals surface area contributed by atoms with Crippen LogP contribution >= 0.6 is 0 Å². The molecule has 1 aliphatic heterocycles. The average molecular weight is 577 g/mol. The highest BCUT2D eigenvalue weighted by molar-refractivity contribution is 5.77. The number of aromatic nitrogens is 2. The van der Waals surface area contributed by atoms with Crippen LogP contribution in [0.4, 0.5) is 17.3 Å². The molecule has 4 aromatic rings. The summed E-state index contributed by atoms with van der Waals surface area (Å²) in [6.07, 6.45) is 4.65. The van der Waals surface area contributed by atoms with Crippen LogP contribution < -0.4 is 28.7 Å². The summed E-state index contributed by atoms with van der Waals surface area (Å²) in [5.41, 5.74) is 4.27. The molecule has 1 aliphatic rings. The highest BCUT2D eigenvalue weighted by atomic mass is 16.5. The normalized spacial score (nSPS) is 13.0. The lowest BCUT2D eigenvalue weighted by Crippen LogP contribution is -2.31. The van der Waals surface area contributed by atoms with Crippen molar-refractivity contribution in [3.05, 3.63) is 77.9 Å². The van der Waals surface area contributed by atoms with Crippen LogP contribution in [0.2, 0.25) is 0 Å². The number of hydrogen-bond donors (Lipinski definition) is 0. The van der Waals surface area contributed by atoms with E-state index in [1.165, 1.54) is 14.2 Å². The smallest absolute Gasteiger partial charge is 0.268 e. The minimum absolute atomic E-state index is 0.353. The quantitative estimate of drug-likeness (QED) is 0.235. The number of nitriles is 1. The van der Waals surface area contributed by atoms with Gasteiger partial charge in [-0.05, 0) is 66.1 Å². The fraction of sp³-hybridized carbons (Fsp3) is 0.273. The van der Waals surface area contributed by atoms with Gasteiger partial charge in [0.1, 0.15) is 46.3 Å². The molecular formula is C33H32N6O4. The van der Waals surface area contributed by atoms with Crippen molar-refractivity contribution in [3.8, 4) is 51.3 Å². The molecule has 0 unspecified atom stereocenters. The zero-order valence-electron chi connectivity index (χ0n) is 24.6. The molecule has 10 nitrogen and oxygen atoms in total. The van der Waals surface area contributed by atoms with Crippen LogP contribution in [0.3, 0.4) is 0 Å². The first-order chi connectivity index (χ1) is 21.0. The van der Waals surface area contributed by atoms with Gasteiger partial charge in [0, 0.05) is 49.7 Å². The second kappa shape index (κ2) is 13.0. The van der Waals surface area contributed by atoms with Crippen LogP contribution in [-0.4, -0.2) is 64.6 Å². The maximum atomic E-state index is 9.48. The predicted octanol–water partition coefficient (Wildman–Crippen LogP) is 5.98. The first kappa shape index (κ1) is 29.0. The largest absolute Gasteiger partial charge is 0.508 e. The van der Waals surface area contributed by atoms with Gasteiger partial charge in [0.15, 0.2) is 0 Å². The maximum absolute atomic E-state index is 9.48. The lowest BCUT2D eigenvalue weighted by molar-refractivity contribution is 0.392. The van der Waals surface area contributed by atoms with Crippen LogP contribution in [0.5, 0.6) is 23.0 Å². The Morgan fingerprint density at radius 1 is 0.674 bits per heavy atom. The van der Waals surface area contributed by atoms with Crippen molar-refractivity contribution in [1.29, 1.82) is 5.26 Å². The number of methoxy groups -OCH3 is 4. The fourth-order valence-corrected chi connectivity index (χ4v) is 5.22. The average Bonchev–Trinajstić information content (AvgIpc) is 3.33. The van der Waals surface area contributed by atoms with Gasteiger partial charge in [-0.3, -0.25) is 0 Å². The van der Waals surface area contributed by atoms with Gasteiger partial charge in [0.05, 0.1) is 35.0 Å². The van der Waals surface area contributed by atoms with Crippen LogP contribution in [0.15, 0.2) is 60.9 Å². The van der Waals surface area contributed by atoms with E-state index in [-0.39, 0.29) is 0 Å². The van der Waals surface area contributed by atoms with Crippen molar-refractivity contribution in [2.75, 3.05) is 64.4 Å². The topological polar surface area (TPSA) is 97.3 Å². The van der Waals surface area contributed by atoms with Gasteiger partial charge < -0.3 is 28.7 Å². The molecule has 0 radical (unpaired) electrons. The van der Waals surface area contributed by atoms with Gasteiger partial charge in [0.25, 0.3) is 5.69 Å². The van der Waals surface area contributed by atoms with Crippen molar-refractivity contribution in [2.24, 2.45) is 0 Å². The molecule has 5 rings (SSSR count). The summed E-state index contributed by atoms with van der Waals surface area (Å²) in [5, 5.41) is 9.48. The number of pyridine rings is 2. The molecule has 218 valence electrons. The van der Waals surface area contributed by atoms with Crippen LogP contribution in [0, 0.1) is 17.9 Å². The number of benzene rings is 2. The minimum atomic E-state index is 0.353. The molecule has 10 heteroatoms. The molecule has 0 atom stereocenters. The van der Waals surface area contributed by atoms with Gasteiger partial charge >= 0.3 is 0 Å². The highest BCUT2D eigenvalue weighted by Crippen LogP contribution is 2.41. The van der Waals surface area contributed by atoms with Crippen LogP contribution in [-0.2, 0) is 0 Å². The molecule has 2 aromatic heterocycles. The molecular weight excluding hydrogens is 544 g/mol. The second-order valence-corrected chi connectivity index (χ2v) is 9.85. The third kappa shape index (κ3) is 5.95. The van der Waals surface area contributed by atoms with Crippen molar-refractivity contribution < 1.29 is 18.9 Å². The Morgan fingerprint density at radius 3 is 1.47 bits per heavy atom. The molecule has 0 spiro atoms. The lowest BCUT2D eigenvalue weighted by Gasteiger charge is -2.23. The molecule has 0 bridgehead atoms. The summed E-state index contributed by atoms with van der Waals surface area (Å²) in [4.78, 5) is 17.7. The summed E-state index contributed by atoms with van der Waals surface area (Å²) in [6.45, 7) is 10.8. The molecule has 0 N–H and O–H groups in total. The molecule has 0 amide bonds. The summed E-state index contributed by atoms with van der Waals surface area (Å²) in [5.74, 6) is 3.69. The summed E-state index contributed by atoms with van der Waals surface area (Å²) < 4.78 is 21.7. The molecule has 43 heavy (non-hydrogen) atoms. The van der Waals surface area contributed by atoms with E-state index in [0.29, 0.717) is 34.2 Å². The number of rotatable bonds is 8. The fourth-order valence-electron chi connectivity index (χ4n) is 5.22. The molecule has 1 saturated heterocycles. The number of nitrogens with zero attached hydrogens (tertiary/aromatic N) is 6. The summed E-state index contributed by atoms with van der Waals surface area (Å²) >= 11 is 0. The Hall–Kier alpha value is -5.48. The van der Waals surface area contributed by atoms with Crippen molar-refractivity contribution >= 4 is 17.3 Å². The van der Waals surface area contributed by atoms with E-state index in [1.54, 1.807) is 14.2 Å². The Morgan fingerprint density at radius 2 is 1.12 bits per heavy atom. The van der Waals surface area contributed by atoms with E-state index in [9.17, 15) is 5.26 Å². The minimum Gasteiger partial charge on any atom is -0.508 e. The van der Waals surface area contributed by atoms with Crippen molar-refractivity contribution in [2.45, 2.75) is 6.42 Å². The van der Waals surface area contributed by atoms with E-state index in [1.807, 2.05) is 60.9 Å². The number of hydrogen-bond acceptors (Lipinski definition) is 9. The van der Waals surface area contributed by atoms with Crippen LogP contribution in [0.25, 0.3) is 27.1 Å². The van der Waals surface area contributed by atoms with E-state index < -0.39 is 0 Å². The number of ether oxygens (including phenoxy) is 4. The molecule has 2 aromatic carbocycles. The molecule has 0 saturated carbocycles. The van der Waals surface area contributed by atoms with E-state index in [2.05, 4.69) is 20.7 Å².